The van der Waals surface area contributed by atoms with Crippen molar-refractivity contribution in [1.29, 1.82) is 0 Å². The van der Waals surface area contributed by atoms with Gasteiger partial charge in [-0.15, -0.1) is 0 Å². The maximum Gasteiger partial charge on any atom is 0.387 e. The molecule has 10 nitrogen and oxygen atoms in total. The van der Waals surface area contributed by atoms with Crippen molar-refractivity contribution in [3.8, 4) is 11.5 Å². The van der Waals surface area contributed by atoms with Gasteiger partial charge in [-0.05, 0) is 18.9 Å². The summed E-state index contributed by atoms with van der Waals surface area (Å²) in [5.74, 6) is -3.34. The normalized spacial score (nSPS) is 20.6. The lowest BCUT2D eigenvalue weighted by Gasteiger charge is -2.19. The van der Waals surface area contributed by atoms with Crippen LogP contribution in [0.4, 0.5) is 14.5 Å². The molecule has 2 unspecified atom stereocenters. The Kier molecular flexibility index (Phi) is 6.66. The predicted molar refractivity (Wildman–Crippen MR) is 98.2 cm³/mol. The monoisotopic (exact) mass is 442 g/mol. The van der Waals surface area contributed by atoms with E-state index in [2.05, 4.69) is 4.74 Å². The van der Waals surface area contributed by atoms with Gasteiger partial charge in [-0.3, -0.25) is 29.4 Å². The van der Waals surface area contributed by atoms with Gasteiger partial charge >= 0.3 is 12.6 Å². The molecule has 1 aliphatic heterocycles. The third-order valence-corrected chi connectivity index (χ3v) is 5.39. The Morgan fingerprint density at radius 2 is 1.81 bits per heavy atom. The largest absolute Gasteiger partial charge is 0.493 e. The molecule has 0 bridgehead atoms. The summed E-state index contributed by atoms with van der Waals surface area (Å²) in [5, 5.41) is 11.3. The lowest BCUT2D eigenvalue weighted by atomic mass is 9.81. The average molecular weight is 442 g/mol. The quantitative estimate of drug-likeness (QED) is 0.260. The number of hydrogen-bond donors (Lipinski definition) is 0. The summed E-state index contributed by atoms with van der Waals surface area (Å²) < 4.78 is 39.2. The van der Waals surface area contributed by atoms with Gasteiger partial charge in [-0.25, -0.2) is 0 Å². The van der Waals surface area contributed by atoms with Crippen molar-refractivity contribution in [2.45, 2.75) is 38.9 Å². The molecule has 1 saturated heterocycles. The van der Waals surface area contributed by atoms with Gasteiger partial charge in [0.1, 0.15) is 13.2 Å². The molecule has 1 heterocycles. The van der Waals surface area contributed by atoms with E-state index in [9.17, 15) is 33.3 Å². The van der Waals surface area contributed by atoms with Crippen LogP contribution >= 0.6 is 0 Å². The highest BCUT2D eigenvalue weighted by Gasteiger charge is 2.48. The molecule has 168 valence electrons. The highest BCUT2D eigenvalue weighted by molar-refractivity contribution is 6.07. The standard InChI is InChI=1S/C19H20F2N2O8/c1-29-14-6-10(13(23(27)28)7-15(14)31-19(20)21)9-30-16(24)8-22-17(25)11-4-2-3-5-12(11)18(22)26/h6-7,11-12,19H,2-5,8-9H2,1H3. The minimum Gasteiger partial charge on any atom is -0.493 e. The van der Waals surface area contributed by atoms with Gasteiger partial charge < -0.3 is 14.2 Å². The molecule has 2 amide bonds. The Morgan fingerprint density at radius 3 is 2.32 bits per heavy atom. The molecule has 0 spiro atoms. The first-order valence-electron chi connectivity index (χ1n) is 9.53. The van der Waals surface area contributed by atoms with E-state index in [0.717, 1.165) is 37.0 Å². The van der Waals surface area contributed by atoms with Crippen molar-refractivity contribution in [3.05, 3.63) is 27.8 Å². The Morgan fingerprint density at radius 1 is 1.19 bits per heavy atom. The number of halogens is 2. The zero-order chi connectivity index (χ0) is 22.7. The molecule has 2 atom stereocenters. The summed E-state index contributed by atoms with van der Waals surface area (Å²) in [4.78, 5) is 48.4. The Bertz CT molecular complexity index is 883. The number of ether oxygens (including phenoxy) is 3. The SMILES string of the molecule is COc1cc(COC(=O)CN2C(=O)C3CCCCC3C2=O)c([N+](=O)[O-])cc1OC(F)F. The fourth-order valence-corrected chi connectivity index (χ4v) is 3.94. The van der Waals surface area contributed by atoms with E-state index in [1.165, 1.54) is 0 Å². The number of rotatable bonds is 8. The summed E-state index contributed by atoms with van der Waals surface area (Å²) in [6, 6.07) is 1.79. The summed E-state index contributed by atoms with van der Waals surface area (Å²) in [7, 11) is 1.15. The van der Waals surface area contributed by atoms with Crippen molar-refractivity contribution < 1.29 is 42.3 Å². The van der Waals surface area contributed by atoms with Gasteiger partial charge in [0.2, 0.25) is 11.8 Å². The fourth-order valence-electron chi connectivity index (χ4n) is 3.94. The second-order valence-electron chi connectivity index (χ2n) is 7.19. The van der Waals surface area contributed by atoms with Crippen molar-refractivity contribution in [1.82, 2.24) is 4.90 Å². The van der Waals surface area contributed by atoms with Crippen molar-refractivity contribution in [3.63, 3.8) is 0 Å². The first kappa shape index (κ1) is 22.4. The van der Waals surface area contributed by atoms with E-state index in [1.54, 1.807) is 0 Å². The highest BCUT2D eigenvalue weighted by atomic mass is 19.3. The first-order chi connectivity index (χ1) is 14.7. The maximum absolute atomic E-state index is 12.5. The molecule has 1 aromatic carbocycles. The van der Waals surface area contributed by atoms with E-state index < -0.39 is 65.7 Å². The first-order valence-corrected chi connectivity index (χ1v) is 9.53. The number of benzene rings is 1. The number of hydrogen-bond acceptors (Lipinski definition) is 8. The van der Waals surface area contributed by atoms with Gasteiger partial charge in [0.25, 0.3) is 5.69 Å². The van der Waals surface area contributed by atoms with E-state index in [-0.39, 0.29) is 11.3 Å². The fraction of sp³-hybridized carbons (Fsp3) is 0.526. The number of carbonyl (C=O) groups excluding carboxylic acids is 3. The predicted octanol–water partition coefficient (Wildman–Crippen LogP) is 2.42. The third-order valence-electron chi connectivity index (χ3n) is 5.39. The highest BCUT2D eigenvalue weighted by Crippen LogP contribution is 2.38. The number of carbonyl (C=O) groups is 3. The molecule has 1 saturated carbocycles. The van der Waals surface area contributed by atoms with Crippen molar-refractivity contribution in [2.75, 3.05) is 13.7 Å². The zero-order valence-electron chi connectivity index (χ0n) is 16.5. The zero-order valence-corrected chi connectivity index (χ0v) is 16.5. The van der Waals surface area contributed by atoms with Crippen molar-refractivity contribution >= 4 is 23.5 Å². The number of amides is 2. The summed E-state index contributed by atoms with van der Waals surface area (Å²) in [6.45, 7) is -4.41. The molecule has 2 aliphatic rings. The van der Waals surface area contributed by atoms with E-state index in [0.29, 0.717) is 12.8 Å². The topological polar surface area (TPSA) is 125 Å². The third kappa shape index (κ3) is 4.72. The van der Waals surface area contributed by atoms with Crippen LogP contribution in [-0.4, -0.2) is 47.9 Å². The molecule has 0 aromatic heterocycles. The molecule has 0 radical (unpaired) electrons. The Labute approximate surface area is 175 Å². The Hall–Kier alpha value is -3.31. The molecule has 12 heteroatoms. The van der Waals surface area contributed by atoms with Crippen LogP contribution < -0.4 is 9.47 Å². The molecule has 1 aliphatic carbocycles. The summed E-state index contributed by atoms with van der Waals surface area (Å²) >= 11 is 0. The molecular weight excluding hydrogens is 422 g/mol. The van der Waals surface area contributed by atoms with Crippen LogP contribution in [0.5, 0.6) is 11.5 Å². The number of methoxy groups -OCH3 is 1. The van der Waals surface area contributed by atoms with Crippen LogP contribution in [-0.2, 0) is 25.7 Å². The maximum atomic E-state index is 12.5. The molecule has 31 heavy (non-hydrogen) atoms. The van der Waals surface area contributed by atoms with Crippen LogP contribution in [0.3, 0.4) is 0 Å². The number of alkyl halides is 2. The van der Waals surface area contributed by atoms with E-state index >= 15 is 0 Å². The number of likely N-dealkylation sites (tertiary alicyclic amines) is 1. The van der Waals surface area contributed by atoms with E-state index in [4.69, 9.17) is 9.47 Å². The number of fused-ring (bicyclic) bond motifs is 1. The lowest BCUT2D eigenvalue weighted by molar-refractivity contribution is -0.386. The van der Waals surface area contributed by atoms with E-state index in [1.807, 2.05) is 0 Å². The number of nitro groups is 1. The minimum atomic E-state index is -3.23. The molecular formula is C19H20F2N2O8. The van der Waals surface area contributed by atoms with Crippen LogP contribution in [0.25, 0.3) is 0 Å². The van der Waals surface area contributed by atoms with Gasteiger partial charge in [-0.1, -0.05) is 12.8 Å². The number of imide groups is 1. The minimum absolute atomic E-state index is 0.135. The van der Waals surface area contributed by atoms with Gasteiger partial charge in [0.15, 0.2) is 11.5 Å². The number of esters is 1. The number of nitrogens with zero attached hydrogens (tertiary/aromatic N) is 2. The van der Waals surface area contributed by atoms with Crippen molar-refractivity contribution in [2.24, 2.45) is 11.8 Å². The average Bonchev–Trinajstić information content (AvgIpc) is 2.97. The smallest absolute Gasteiger partial charge is 0.387 e. The second-order valence-corrected chi connectivity index (χ2v) is 7.19. The number of nitro benzene ring substituents is 1. The van der Waals surface area contributed by atoms with Crippen LogP contribution in [0, 0.1) is 22.0 Å². The van der Waals surface area contributed by atoms with Gasteiger partial charge in [-0.2, -0.15) is 8.78 Å². The van der Waals surface area contributed by atoms with Crippen LogP contribution in [0.15, 0.2) is 12.1 Å². The molecule has 1 aromatic rings. The molecule has 2 fully saturated rings. The summed E-state index contributed by atoms with van der Waals surface area (Å²) in [6.07, 6.45) is 2.88. The lowest BCUT2D eigenvalue weighted by Crippen LogP contribution is -2.36. The second kappa shape index (κ2) is 9.23. The molecule has 0 N–H and O–H groups in total. The van der Waals surface area contributed by atoms with Gasteiger partial charge in [0, 0.05) is 0 Å². The van der Waals surface area contributed by atoms with Crippen LogP contribution in [0.1, 0.15) is 31.2 Å². The van der Waals surface area contributed by atoms with Crippen LogP contribution in [0.2, 0.25) is 0 Å². The molecule has 3 rings (SSSR count). The summed E-state index contributed by atoms with van der Waals surface area (Å²) in [5.41, 5.74) is -0.756. The Balaban J connectivity index is 1.70. The van der Waals surface area contributed by atoms with Gasteiger partial charge in [0.05, 0.1) is 35.5 Å².